The minimum absolute atomic E-state index is 0.0465. The third-order valence-corrected chi connectivity index (χ3v) is 6.33. The first kappa shape index (κ1) is 19.2. The van der Waals surface area contributed by atoms with Crippen LogP contribution in [0, 0.1) is 0 Å². The van der Waals surface area contributed by atoms with Gasteiger partial charge in [-0.1, -0.05) is 30.3 Å². The lowest BCUT2D eigenvalue weighted by atomic mass is 10.0. The lowest BCUT2D eigenvalue weighted by Gasteiger charge is -2.40. The predicted octanol–water partition coefficient (Wildman–Crippen LogP) is 4.02. The molecule has 1 atom stereocenters. The number of fused-ring (bicyclic) bond motifs is 1. The molecule has 6 nitrogen and oxygen atoms in total. The third-order valence-electron chi connectivity index (χ3n) is 6.33. The number of carbonyl (C=O) groups is 1. The van der Waals surface area contributed by atoms with Crippen LogP contribution in [0.15, 0.2) is 42.6 Å². The van der Waals surface area contributed by atoms with Crippen LogP contribution in [0.5, 0.6) is 0 Å². The zero-order valence-electron chi connectivity index (χ0n) is 18.0. The highest BCUT2D eigenvalue weighted by atomic mass is 16.2. The summed E-state index contributed by atoms with van der Waals surface area (Å²) in [5, 5.41) is 5.43. The van der Waals surface area contributed by atoms with Crippen molar-refractivity contribution in [3.8, 4) is 0 Å². The molecule has 3 aromatic rings. The number of rotatable bonds is 4. The van der Waals surface area contributed by atoms with Gasteiger partial charge in [0.25, 0.3) is 5.91 Å². The molecule has 1 aromatic carbocycles. The van der Waals surface area contributed by atoms with Crippen molar-refractivity contribution in [1.29, 1.82) is 0 Å². The number of pyridine rings is 1. The molecule has 2 aliphatic rings. The molecular weight excluding hydrogens is 374 g/mol. The summed E-state index contributed by atoms with van der Waals surface area (Å²) in [7, 11) is 2.13. The monoisotopic (exact) mass is 403 g/mol. The number of amides is 1. The average molecular weight is 404 g/mol. The van der Waals surface area contributed by atoms with E-state index in [1.54, 1.807) is 0 Å². The van der Waals surface area contributed by atoms with Crippen LogP contribution < -0.4 is 0 Å². The Hall–Kier alpha value is -2.73. The van der Waals surface area contributed by atoms with Gasteiger partial charge in [0.1, 0.15) is 0 Å². The standard InChI is InChI=1S/C24H29N5O/c1-16(2)29-23-20(14-25-29)19(13-21(26-23)17-9-10-17)24(30)28-12-11-27(3)15-22(28)18-7-5-4-6-8-18/h4-8,13-14,16-17,22H,9-12,15H2,1-3H3. The summed E-state index contributed by atoms with van der Waals surface area (Å²) in [6.07, 6.45) is 4.13. The fraction of sp³-hybridized carbons (Fsp3) is 0.458. The smallest absolute Gasteiger partial charge is 0.255 e. The number of benzene rings is 1. The van der Waals surface area contributed by atoms with E-state index in [1.807, 2.05) is 27.9 Å². The lowest BCUT2D eigenvalue weighted by molar-refractivity contribution is 0.0500. The molecule has 0 bridgehead atoms. The zero-order valence-corrected chi connectivity index (χ0v) is 18.0. The van der Waals surface area contributed by atoms with Gasteiger partial charge in [-0.15, -0.1) is 0 Å². The fourth-order valence-electron chi connectivity index (χ4n) is 4.46. The number of hydrogen-bond donors (Lipinski definition) is 0. The molecule has 0 radical (unpaired) electrons. The first-order valence-corrected chi connectivity index (χ1v) is 11.0. The van der Waals surface area contributed by atoms with E-state index < -0.39 is 0 Å². The Balaban J connectivity index is 1.59. The molecule has 1 saturated heterocycles. The van der Waals surface area contributed by atoms with Gasteiger partial charge in [0.15, 0.2) is 5.65 Å². The Kier molecular flexibility index (Phi) is 4.82. The first-order chi connectivity index (χ1) is 14.5. The highest BCUT2D eigenvalue weighted by Gasteiger charge is 2.34. The summed E-state index contributed by atoms with van der Waals surface area (Å²) in [5.41, 5.74) is 3.81. The molecule has 0 spiro atoms. The molecule has 2 fully saturated rings. The maximum Gasteiger partial charge on any atom is 0.255 e. The minimum Gasteiger partial charge on any atom is -0.329 e. The van der Waals surface area contributed by atoms with E-state index >= 15 is 0 Å². The minimum atomic E-state index is 0.0465. The topological polar surface area (TPSA) is 54.3 Å². The quantitative estimate of drug-likeness (QED) is 0.660. The molecule has 5 rings (SSSR count). The molecule has 1 saturated carbocycles. The van der Waals surface area contributed by atoms with Crippen molar-refractivity contribution in [3.05, 3.63) is 59.4 Å². The predicted molar refractivity (Wildman–Crippen MR) is 118 cm³/mol. The molecule has 6 heteroatoms. The number of piperazine rings is 1. The van der Waals surface area contributed by atoms with Crippen LogP contribution in [0.2, 0.25) is 0 Å². The van der Waals surface area contributed by atoms with Crippen LogP contribution in [-0.4, -0.2) is 57.2 Å². The van der Waals surface area contributed by atoms with Gasteiger partial charge in [0, 0.05) is 37.3 Å². The summed E-state index contributed by atoms with van der Waals surface area (Å²) >= 11 is 0. The summed E-state index contributed by atoms with van der Waals surface area (Å²) in [6, 6.07) is 12.7. The first-order valence-electron chi connectivity index (χ1n) is 11.0. The van der Waals surface area contributed by atoms with E-state index in [2.05, 4.69) is 55.2 Å². The van der Waals surface area contributed by atoms with Crippen molar-refractivity contribution < 1.29 is 4.79 Å². The van der Waals surface area contributed by atoms with Gasteiger partial charge in [-0.3, -0.25) is 4.79 Å². The van der Waals surface area contributed by atoms with Crippen molar-refractivity contribution in [1.82, 2.24) is 24.6 Å². The number of carbonyl (C=O) groups excluding carboxylic acids is 1. The van der Waals surface area contributed by atoms with E-state index in [0.717, 1.165) is 54.8 Å². The molecule has 1 unspecified atom stereocenters. The Morgan fingerprint density at radius 3 is 2.60 bits per heavy atom. The summed E-state index contributed by atoms with van der Waals surface area (Å²) in [6.45, 7) is 6.64. The molecular formula is C24H29N5O. The van der Waals surface area contributed by atoms with Crippen molar-refractivity contribution in [2.45, 2.75) is 44.7 Å². The second-order valence-electron chi connectivity index (χ2n) is 8.98. The second-order valence-corrected chi connectivity index (χ2v) is 8.98. The summed E-state index contributed by atoms with van der Waals surface area (Å²) < 4.78 is 1.94. The SMILES string of the molecule is CC(C)n1ncc2c(C(=O)N3CCN(C)CC3c3ccccc3)cc(C3CC3)nc21. The van der Waals surface area contributed by atoms with Gasteiger partial charge in [-0.05, 0) is 45.4 Å². The van der Waals surface area contributed by atoms with E-state index in [-0.39, 0.29) is 18.0 Å². The normalized spacial score (nSPS) is 20.3. The highest BCUT2D eigenvalue weighted by Crippen LogP contribution is 2.41. The second kappa shape index (κ2) is 7.51. The van der Waals surface area contributed by atoms with Gasteiger partial charge in [-0.25, -0.2) is 9.67 Å². The zero-order chi connectivity index (χ0) is 20.8. The molecule has 1 aliphatic carbocycles. The van der Waals surface area contributed by atoms with Crippen LogP contribution in [0.3, 0.4) is 0 Å². The molecule has 30 heavy (non-hydrogen) atoms. The molecule has 156 valence electrons. The van der Waals surface area contributed by atoms with Crippen molar-refractivity contribution in [3.63, 3.8) is 0 Å². The number of aromatic nitrogens is 3. The maximum absolute atomic E-state index is 13.9. The van der Waals surface area contributed by atoms with Crippen molar-refractivity contribution >= 4 is 16.9 Å². The summed E-state index contributed by atoms with van der Waals surface area (Å²) in [4.78, 5) is 23.2. The largest absolute Gasteiger partial charge is 0.329 e. The Labute approximate surface area is 177 Å². The van der Waals surface area contributed by atoms with E-state index in [1.165, 1.54) is 5.56 Å². The van der Waals surface area contributed by atoms with Gasteiger partial charge in [0.05, 0.1) is 23.2 Å². The average Bonchev–Trinajstić information content (AvgIpc) is 3.52. The Morgan fingerprint density at radius 1 is 1.13 bits per heavy atom. The molecule has 1 amide bonds. The number of likely N-dealkylation sites (N-methyl/N-ethyl adjacent to an activating group) is 1. The Bertz CT molecular complexity index is 1070. The molecule has 3 heterocycles. The van der Waals surface area contributed by atoms with E-state index in [4.69, 9.17) is 4.98 Å². The summed E-state index contributed by atoms with van der Waals surface area (Å²) in [5.74, 6) is 0.573. The van der Waals surface area contributed by atoms with Crippen LogP contribution in [0.1, 0.15) is 66.3 Å². The van der Waals surface area contributed by atoms with Crippen molar-refractivity contribution in [2.75, 3.05) is 26.7 Å². The number of nitrogens with zero attached hydrogens (tertiary/aromatic N) is 5. The van der Waals surface area contributed by atoms with Crippen LogP contribution in [0.25, 0.3) is 11.0 Å². The lowest BCUT2D eigenvalue weighted by Crippen LogP contribution is -2.49. The van der Waals surface area contributed by atoms with Gasteiger partial charge in [0.2, 0.25) is 0 Å². The molecule has 0 N–H and O–H groups in total. The van der Waals surface area contributed by atoms with Crippen LogP contribution in [0.4, 0.5) is 0 Å². The maximum atomic E-state index is 13.9. The fourth-order valence-corrected chi connectivity index (χ4v) is 4.46. The third kappa shape index (κ3) is 3.39. The van der Waals surface area contributed by atoms with Gasteiger partial charge in [-0.2, -0.15) is 5.10 Å². The van der Waals surface area contributed by atoms with Crippen LogP contribution >= 0.6 is 0 Å². The number of hydrogen-bond acceptors (Lipinski definition) is 4. The van der Waals surface area contributed by atoms with Gasteiger partial charge < -0.3 is 9.80 Å². The molecule has 2 aromatic heterocycles. The van der Waals surface area contributed by atoms with Crippen molar-refractivity contribution in [2.24, 2.45) is 0 Å². The van der Waals surface area contributed by atoms with Gasteiger partial charge >= 0.3 is 0 Å². The van der Waals surface area contributed by atoms with E-state index in [9.17, 15) is 4.79 Å². The molecule has 1 aliphatic heterocycles. The highest BCUT2D eigenvalue weighted by molar-refractivity contribution is 6.05. The van der Waals surface area contributed by atoms with Crippen LogP contribution in [-0.2, 0) is 0 Å². The van der Waals surface area contributed by atoms with E-state index in [0.29, 0.717) is 5.92 Å². The Morgan fingerprint density at radius 2 is 1.90 bits per heavy atom.